The van der Waals surface area contributed by atoms with Gasteiger partial charge in [-0.05, 0) is 49.1 Å². The van der Waals surface area contributed by atoms with Crippen LogP contribution in [0.15, 0.2) is 42.5 Å². The topological polar surface area (TPSA) is 52.7 Å². The highest BCUT2D eigenvalue weighted by molar-refractivity contribution is 7.99. The number of anilines is 1. The number of nitrogens with zero attached hydrogens (tertiary/aromatic N) is 2. The molecule has 0 aromatic heterocycles. The summed E-state index contributed by atoms with van der Waals surface area (Å²) in [4.78, 5) is 29.3. The van der Waals surface area contributed by atoms with Gasteiger partial charge in [-0.3, -0.25) is 9.59 Å². The maximum absolute atomic E-state index is 13.9. The fourth-order valence-corrected chi connectivity index (χ4v) is 5.27. The number of rotatable bonds is 6. The Balaban J connectivity index is 1.23. The van der Waals surface area contributed by atoms with Crippen LogP contribution in [0.25, 0.3) is 0 Å². The molecule has 33 heavy (non-hydrogen) atoms. The minimum absolute atomic E-state index is 0.0615. The van der Waals surface area contributed by atoms with E-state index in [1.165, 1.54) is 28.0 Å². The van der Waals surface area contributed by atoms with Gasteiger partial charge < -0.3 is 15.1 Å². The first-order valence-electron chi connectivity index (χ1n) is 11.4. The number of nitrogens with one attached hydrogen (secondary N) is 1. The number of hydrogen-bond acceptors (Lipinski definition) is 4. The molecule has 0 unspecified atom stereocenters. The van der Waals surface area contributed by atoms with Gasteiger partial charge in [-0.15, -0.1) is 0 Å². The highest BCUT2D eigenvalue weighted by Gasteiger charge is 2.29. The van der Waals surface area contributed by atoms with E-state index in [1.54, 1.807) is 0 Å². The molecule has 0 radical (unpaired) electrons. The van der Waals surface area contributed by atoms with Gasteiger partial charge in [0.15, 0.2) is 0 Å². The van der Waals surface area contributed by atoms with Crippen molar-refractivity contribution in [1.82, 2.24) is 9.80 Å². The zero-order valence-corrected chi connectivity index (χ0v) is 19.4. The predicted molar refractivity (Wildman–Crippen MR) is 128 cm³/mol. The largest absolute Gasteiger partial charge is 0.339 e. The first-order valence-corrected chi connectivity index (χ1v) is 12.6. The lowest BCUT2D eigenvalue weighted by Gasteiger charge is -2.31. The fourth-order valence-electron chi connectivity index (χ4n) is 4.29. The predicted octanol–water partition coefficient (Wildman–Crippen LogP) is 4.05. The molecule has 0 aliphatic carbocycles. The minimum Gasteiger partial charge on any atom is -0.339 e. The smallest absolute Gasteiger partial charge is 0.256 e. The van der Waals surface area contributed by atoms with Crippen molar-refractivity contribution in [3.05, 3.63) is 65.2 Å². The number of likely N-dealkylation sites (tertiary alicyclic amines) is 1. The fraction of sp³-hybridized carbons (Fsp3) is 0.440. The van der Waals surface area contributed by atoms with Crippen LogP contribution in [-0.4, -0.2) is 65.8 Å². The van der Waals surface area contributed by atoms with E-state index in [4.69, 9.17) is 0 Å². The zero-order valence-electron chi connectivity index (χ0n) is 18.6. The lowest BCUT2D eigenvalue weighted by molar-refractivity contribution is -0.121. The second-order valence-corrected chi connectivity index (χ2v) is 9.81. The number of amides is 2. The zero-order chi connectivity index (χ0) is 23.2. The van der Waals surface area contributed by atoms with Crippen LogP contribution in [0.1, 0.15) is 28.8 Å². The summed E-state index contributed by atoms with van der Waals surface area (Å²) in [6, 6.07) is 11.0. The van der Waals surface area contributed by atoms with Crippen molar-refractivity contribution in [3.63, 3.8) is 0 Å². The number of carbonyl (C=O) groups excluding carboxylic acids is 2. The average Bonchev–Trinajstić information content (AvgIpc) is 2.84. The van der Waals surface area contributed by atoms with Crippen molar-refractivity contribution in [3.8, 4) is 0 Å². The Morgan fingerprint density at radius 1 is 0.970 bits per heavy atom. The minimum atomic E-state index is -0.863. The molecule has 2 aliphatic heterocycles. The Kier molecular flexibility index (Phi) is 7.98. The van der Waals surface area contributed by atoms with Crippen molar-refractivity contribution in [2.24, 2.45) is 5.92 Å². The molecule has 2 aliphatic rings. The van der Waals surface area contributed by atoms with Gasteiger partial charge in [-0.25, -0.2) is 8.78 Å². The van der Waals surface area contributed by atoms with Crippen LogP contribution < -0.4 is 5.32 Å². The molecule has 176 valence electrons. The SMILES string of the molecule is O=C(Nc1ccc(CCN2CCSCC2)cc1)C1CCN(C(=O)c2ccc(F)cc2F)CC1. The second-order valence-electron chi connectivity index (χ2n) is 8.58. The van der Waals surface area contributed by atoms with Gasteiger partial charge in [0, 0.05) is 61.9 Å². The molecule has 0 spiro atoms. The molecule has 5 nitrogen and oxygen atoms in total. The normalized spacial score (nSPS) is 17.7. The number of benzene rings is 2. The molecule has 2 heterocycles. The number of carbonyl (C=O) groups is 2. The Morgan fingerprint density at radius 2 is 1.67 bits per heavy atom. The highest BCUT2D eigenvalue weighted by Crippen LogP contribution is 2.22. The lowest BCUT2D eigenvalue weighted by Crippen LogP contribution is -2.41. The number of hydrogen-bond donors (Lipinski definition) is 1. The summed E-state index contributed by atoms with van der Waals surface area (Å²) in [5.74, 6) is 0.108. The van der Waals surface area contributed by atoms with Crippen LogP contribution in [0.4, 0.5) is 14.5 Å². The van der Waals surface area contributed by atoms with Gasteiger partial charge in [0.05, 0.1) is 5.56 Å². The van der Waals surface area contributed by atoms with Crippen molar-refractivity contribution in [2.45, 2.75) is 19.3 Å². The van der Waals surface area contributed by atoms with Crippen molar-refractivity contribution in [2.75, 3.05) is 49.5 Å². The molecular formula is C25H29F2N3O2S. The van der Waals surface area contributed by atoms with Crippen molar-refractivity contribution in [1.29, 1.82) is 0 Å². The third-order valence-corrected chi connectivity index (χ3v) is 7.30. The standard InChI is InChI=1S/C25H29F2N3O2S/c26-20-3-6-22(23(27)17-20)25(32)30-11-8-19(9-12-30)24(31)28-21-4-1-18(2-5-21)7-10-29-13-15-33-16-14-29/h1-6,17,19H,7-16H2,(H,28,31). The Morgan fingerprint density at radius 3 is 2.33 bits per heavy atom. The summed E-state index contributed by atoms with van der Waals surface area (Å²) < 4.78 is 27.0. The molecule has 2 aromatic carbocycles. The monoisotopic (exact) mass is 473 g/mol. The van der Waals surface area contributed by atoms with E-state index in [2.05, 4.69) is 22.3 Å². The Labute approximate surface area is 197 Å². The molecule has 0 atom stereocenters. The summed E-state index contributed by atoms with van der Waals surface area (Å²) in [6.07, 6.45) is 2.01. The van der Waals surface area contributed by atoms with E-state index in [0.717, 1.165) is 37.8 Å². The summed E-state index contributed by atoms with van der Waals surface area (Å²) >= 11 is 2.01. The van der Waals surface area contributed by atoms with E-state index >= 15 is 0 Å². The average molecular weight is 474 g/mol. The summed E-state index contributed by atoms with van der Waals surface area (Å²) in [5, 5.41) is 2.98. The van der Waals surface area contributed by atoms with E-state index in [0.29, 0.717) is 32.0 Å². The van der Waals surface area contributed by atoms with Crippen LogP contribution in [0.2, 0.25) is 0 Å². The highest BCUT2D eigenvalue weighted by atomic mass is 32.2. The summed E-state index contributed by atoms with van der Waals surface area (Å²) in [6.45, 7) is 4.10. The van der Waals surface area contributed by atoms with Gasteiger partial charge in [0.2, 0.25) is 5.91 Å². The molecule has 8 heteroatoms. The molecule has 0 bridgehead atoms. The van der Waals surface area contributed by atoms with Gasteiger partial charge in [-0.1, -0.05) is 12.1 Å². The van der Waals surface area contributed by atoms with Crippen LogP contribution in [-0.2, 0) is 11.2 Å². The van der Waals surface area contributed by atoms with E-state index in [9.17, 15) is 18.4 Å². The van der Waals surface area contributed by atoms with Crippen LogP contribution in [0.5, 0.6) is 0 Å². The number of piperidine rings is 1. The third kappa shape index (κ3) is 6.32. The Bertz CT molecular complexity index is 972. The first-order chi connectivity index (χ1) is 16.0. The maximum atomic E-state index is 13.9. The molecule has 2 aromatic rings. The Hall–Kier alpha value is -2.45. The van der Waals surface area contributed by atoms with Crippen molar-refractivity contribution < 1.29 is 18.4 Å². The van der Waals surface area contributed by atoms with Gasteiger partial charge in [0.25, 0.3) is 5.91 Å². The molecule has 2 fully saturated rings. The quantitative estimate of drug-likeness (QED) is 0.688. The molecule has 2 saturated heterocycles. The van der Waals surface area contributed by atoms with E-state index < -0.39 is 17.5 Å². The van der Waals surface area contributed by atoms with Crippen molar-refractivity contribution >= 4 is 29.3 Å². The van der Waals surface area contributed by atoms with Gasteiger partial charge in [0.1, 0.15) is 11.6 Å². The first kappa shape index (κ1) is 23.7. The molecule has 4 rings (SSSR count). The maximum Gasteiger partial charge on any atom is 0.256 e. The van der Waals surface area contributed by atoms with E-state index in [1.807, 2.05) is 23.9 Å². The molecular weight excluding hydrogens is 444 g/mol. The van der Waals surface area contributed by atoms with Gasteiger partial charge >= 0.3 is 0 Å². The van der Waals surface area contributed by atoms with Crippen LogP contribution in [0, 0.1) is 17.6 Å². The third-order valence-electron chi connectivity index (χ3n) is 6.36. The lowest BCUT2D eigenvalue weighted by atomic mass is 9.95. The molecule has 1 N–H and O–H groups in total. The second kappa shape index (κ2) is 11.1. The van der Waals surface area contributed by atoms with E-state index in [-0.39, 0.29) is 17.4 Å². The van der Waals surface area contributed by atoms with Crippen LogP contribution in [0.3, 0.4) is 0 Å². The summed E-state index contributed by atoms with van der Waals surface area (Å²) in [5.41, 5.74) is 1.88. The summed E-state index contributed by atoms with van der Waals surface area (Å²) in [7, 11) is 0. The number of thioether (sulfide) groups is 1. The molecule has 2 amide bonds. The number of halogens is 2. The molecule has 0 saturated carbocycles. The van der Waals surface area contributed by atoms with Gasteiger partial charge in [-0.2, -0.15) is 11.8 Å². The van der Waals surface area contributed by atoms with Crippen LogP contribution >= 0.6 is 11.8 Å².